The number of thiophene rings is 1. The fraction of sp³-hybridized carbons (Fsp3) is 0.667. The molecule has 0 N–H and O–H groups in total. The number of hydrogen-bond donors (Lipinski definition) is 0. The average Bonchev–Trinajstić information content (AvgIpc) is 2.89. The van der Waals surface area contributed by atoms with Gasteiger partial charge >= 0.3 is 0 Å². The Hall–Kier alpha value is -0.140. The highest BCUT2D eigenvalue weighted by molar-refractivity contribution is 7.91. The summed E-state index contributed by atoms with van der Waals surface area (Å²) in [6, 6.07) is 3.63. The summed E-state index contributed by atoms with van der Waals surface area (Å²) in [4.78, 5) is 3.31. The van der Waals surface area contributed by atoms with E-state index < -0.39 is 10.0 Å². The van der Waals surface area contributed by atoms with Gasteiger partial charge < -0.3 is 0 Å². The van der Waals surface area contributed by atoms with Crippen LogP contribution in [0.5, 0.6) is 0 Å². The lowest BCUT2D eigenvalue weighted by molar-refractivity contribution is 0.197. The minimum absolute atomic E-state index is 0.468. The third-order valence-corrected chi connectivity index (χ3v) is 7.08. The Morgan fingerprint density at radius 3 is 2.47 bits per heavy atom. The fourth-order valence-electron chi connectivity index (χ4n) is 2.13. The summed E-state index contributed by atoms with van der Waals surface area (Å²) in [7, 11) is -3.30. The third-order valence-electron chi connectivity index (χ3n) is 3.31. The lowest BCUT2D eigenvalue weighted by Gasteiger charge is -2.33. The van der Waals surface area contributed by atoms with Crippen LogP contribution < -0.4 is 0 Å². The van der Waals surface area contributed by atoms with E-state index in [9.17, 15) is 8.42 Å². The Labute approximate surface area is 124 Å². The molecule has 1 aromatic rings. The van der Waals surface area contributed by atoms with Crippen LogP contribution in [0, 0.1) is 0 Å². The lowest BCUT2D eigenvalue weighted by Crippen LogP contribution is -2.48. The van der Waals surface area contributed by atoms with Gasteiger partial charge in [0.25, 0.3) is 10.0 Å². The van der Waals surface area contributed by atoms with Crippen molar-refractivity contribution in [3.05, 3.63) is 17.0 Å². The minimum atomic E-state index is -3.30. The van der Waals surface area contributed by atoms with Gasteiger partial charge in [0.1, 0.15) is 4.21 Å². The van der Waals surface area contributed by atoms with Crippen LogP contribution in [0.2, 0.25) is 0 Å². The number of sulfonamides is 1. The highest BCUT2D eigenvalue weighted by atomic mass is 35.5. The summed E-state index contributed by atoms with van der Waals surface area (Å²) in [5.41, 5.74) is 0. The molecule has 1 aliphatic rings. The molecule has 0 radical (unpaired) electrons. The van der Waals surface area contributed by atoms with E-state index in [0.717, 1.165) is 30.9 Å². The molecule has 1 aliphatic heterocycles. The van der Waals surface area contributed by atoms with Crippen molar-refractivity contribution in [2.24, 2.45) is 0 Å². The molecule has 4 nitrogen and oxygen atoms in total. The molecule has 0 aromatic carbocycles. The second-order valence-electron chi connectivity index (χ2n) is 4.51. The minimum Gasteiger partial charge on any atom is -0.300 e. The average molecular weight is 323 g/mol. The largest absolute Gasteiger partial charge is 0.300 e. The predicted molar refractivity (Wildman–Crippen MR) is 79.6 cm³/mol. The van der Waals surface area contributed by atoms with Crippen molar-refractivity contribution < 1.29 is 8.42 Å². The highest BCUT2D eigenvalue weighted by Crippen LogP contribution is 2.25. The summed E-state index contributed by atoms with van der Waals surface area (Å²) in [6.45, 7) is 5.49. The Morgan fingerprint density at radius 2 is 1.95 bits per heavy atom. The molecule has 0 spiro atoms. The molecule has 2 heterocycles. The van der Waals surface area contributed by atoms with E-state index in [1.165, 1.54) is 11.3 Å². The SMILES string of the molecule is CCc1ccc(S(=O)(=O)N2CCN(CCCl)CC2)s1. The quantitative estimate of drug-likeness (QED) is 0.777. The smallest absolute Gasteiger partial charge is 0.252 e. The maximum absolute atomic E-state index is 12.5. The Kier molecular flexibility index (Phi) is 5.25. The van der Waals surface area contributed by atoms with Gasteiger partial charge in [0.2, 0.25) is 0 Å². The van der Waals surface area contributed by atoms with Gasteiger partial charge in [0.05, 0.1) is 0 Å². The number of alkyl halides is 1. The molecular weight excluding hydrogens is 304 g/mol. The van der Waals surface area contributed by atoms with Crippen molar-refractivity contribution in [1.82, 2.24) is 9.21 Å². The second-order valence-corrected chi connectivity index (χ2v) is 8.22. The van der Waals surface area contributed by atoms with Crippen molar-refractivity contribution >= 4 is 33.0 Å². The van der Waals surface area contributed by atoms with Crippen molar-refractivity contribution in [1.29, 1.82) is 0 Å². The van der Waals surface area contributed by atoms with Crippen LogP contribution in [0.25, 0.3) is 0 Å². The molecule has 0 atom stereocenters. The topological polar surface area (TPSA) is 40.6 Å². The monoisotopic (exact) mass is 322 g/mol. The van der Waals surface area contributed by atoms with Gasteiger partial charge in [0, 0.05) is 43.5 Å². The van der Waals surface area contributed by atoms with E-state index in [-0.39, 0.29) is 0 Å². The number of nitrogens with zero attached hydrogens (tertiary/aromatic N) is 2. The first-order valence-corrected chi connectivity index (χ1v) is 9.24. The fourth-order valence-corrected chi connectivity index (χ4v) is 5.24. The summed E-state index contributed by atoms with van der Waals surface area (Å²) < 4.78 is 27.0. The van der Waals surface area contributed by atoms with E-state index in [4.69, 9.17) is 11.6 Å². The van der Waals surface area contributed by atoms with Crippen LogP contribution in [-0.4, -0.2) is 56.2 Å². The van der Waals surface area contributed by atoms with Crippen LogP contribution >= 0.6 is 22.9 Å². The molecule has 2 rings (SSSR count). The van der Waals surface area contributed by atoms with Crippen molar-refractivity contribution in [3.8, 4) is 0 Å². The van der Waals surface area contributed by atoms with Crippen LogP contribution in [0.4, 0.5) is 0 Å². The van der Waals surface area contributed by atoms with E-state index in [2.05, 4.69) is 4.90 Å². The van der Waals surface area contributed by atoms with Crippen LogP contribution in [0.15, 0.2) is 16.3 Å². The van der Waals surface area contributed by atoms with E-state index in [1.54, 1.807) is 10.4 Å². The van der Waals surface area contributed by atoms with Crippen molar-refractivity contribution in [2.75, 3.05) is 38.6 Å². The van der Waals surface area contributed by atoms with Gasteiger partial charge in [-0.25, -0.2) is 8.42 Å². The van der Waals surface area contributed by atoms with E-state index >= 15 is 0 Å². The Bertz CT molecular complexity index is 508. The van der Waals surface area contributed by atoms with Crippen LogP contribution in [-0.2, 0) is 16.4 Å². The standard InChI is InChI=1S/C12H19ClN2O2S2/c1-2-11-3-4-12(18-11)19(16,17)15-9-7-14(6-5-13)8-10-15/h3-4H,2,5-10H2,1H3. The van der Waals surface area contributed by atoms with Crippen LogP contribution in [0.1, 0.15) is 11.8 Å². The van der Waals surface area contributed by atoms with E-state index in [0.29, 0.717) is 23.2 Å². The Balaban J connectivity index is 2.05. The maximum atomic E-state index is 12.5. The summed E-state index contributed by atoms with van der Waals surface area (Å²) in [5.74, 6) is 0.595. The molecule has 1 fully saturated rings. The molecule has 1 saturated heterocycles. The molecule has 0 bridgehead atoms. The zero-order valence-corrected chi connectivity index (χ0v) is 13.4. The molecule has 108 valence electrons. The molecule has 0 saturated carbocycles. The van der Waals surface area contributed by atoms with Crippen molar-refractivity contribution in [2.45, 2.75) is 17.6 Å². The molecular formula is C12H19ClN2O2S2. The number of piperazine rings is 1. The first kappa shape index (κ1) is 15.3. The molecule has 1 aromatic heterocycles. The second kappa shape index (κ2) is 6.54. The number of hydrogen-bond acceptors (Lipinski definition) is 4. The van der Waals surface area contributed by atoms with Gasteiger partial charge in [-0.05, 0) is 18.6 Å². The highest BCUT2D eigenvalue weighted by Gasteiger charge is 2.29. The van der Waals surface area contributed by atoms with Gasteiger partial charge in [-0.15, -0.1) is 22.9 Å². The lowest BCUT2D eigenvalue weighted by atomic mass is 10.4. The Morgan fingerprint density at radius 1 is 1.26 bits per heavy atom. The van der Waals surface area contributed by atoms with Gasteiger partial charge in [-0.1, -0.05) is 6.92 Å². The molecule has 0 amide bonds. The number of halogens is 1. The zero-order chi connectivity index (χ0) is 13.9. The maximum Gasteiger partial charge on any atom is 0.252 e. The van der Waals surface area contributed by atoms with Crippen molar-refractivity contribution in [3.63, 3.8) is 0 Å². The van der Waals surface area contributed by atoms with Gasteiger partial charge in [-0.2, -0.15) is 4.31 Å². The molecule has 7 heteroatoms. The van der Waals surface area contributed by atoms with E-state index in [1.807, 2.05) is 13.0 Å². The van der Waals surface area contributed by atoms with Gasteiger partial charge in [-0.3, -0.25) is 4.90 Å². The van der Waals surface area contributed by atoms with Gasteiger partial charge in [0.15, 0.2) is 0 Å². The molecule has 19 heavy (non-hydrogen) atoms. The normalized spacial score (nSPS) is 18.8. The molecule has 0 unspecified atom stereocenters. The molecule has 0 aliphatic carbocycles. The number of aryl methyl sites for hydroxylation is 1. The van der Waals surface area contributed by atoms with Crippen LogP contribution in [0.3, 0.4) is 0 Å². The first-order valence-electron chi connectivity index (χ1n) is 6.45. The zero-order valence-electron chi connectivity index (χ0n) is 11.0. The first-order chi connectivity index (χ1) is 9.07. The predicted octanol–water partition coefficient (Wildman–Crippen LogP) is 1.86. The summed E-state index contributed by atoms with van der Waals surface area (Å²) >= 11 is 7.08. The third kappa shape index (κ3) is 3.49. The summed E-state index contributed by atoms with van der Waals surface area (Å²) in [6.07, 6.45) is 0.879. The number of rotatable bonds is 5. The summed E-state index contributed by atoms with van der Waals surface area (Å²) in [5, 5.41) is 0.